The summed E-state index contributed by atoms with van der Waals surface area (Å²) in [6.45, 7) is 24.1. The number of fused-ring (bicyclic) bond motifs is 10. The van der Waals surface area contributed by atoms with Crippen LogP contribution in [0.4, 0.5) is 34.1 Å². The van der Waals surface area contributed by atoms with E-state index in [1.807, 2.05) is 11.8 Å². The molecule has 0 radical (unpaired) electrons. The van der Waals surface area contributed by atoms with Gasteiger partial charge < -0.3 is 9.80 Å². The molecule has 0 bridgehead atoms. The summed E-state index contributed by atoms with van der Waals surface area (Å²) in [6.07, 6.45) is 0. The maximum atomic E-state index is 2.49. The standard InChI is InChI=1S/C68H62N2SSi2/c1-67(2)60-19-13-11-16-52(60)54-35-28-47(40-62(54)67)69(44-24-31-50(32-25-44)72(5,6)7)46-23-22-43-38-59-56-37-30-49(42-65(56)71-64-21-15-18-57(66(59)64)58(43)39-46)70(45-26-33-51(34-27-45)73(8,9)10)48-29-36-55-53-17-12-14-20-61(53)68(3,4)63(55)41-48/h11-42H,1-10H3. The van der Waals surface area contributed by atoms with Crippen LogP contribution in [-0.4, -0.2) is 16.1 Å². The number of benzene rings is 10. The van der Waals surface area contributed by atoms with Gasteiger partial charge in [-0.15, -0.1) is 0 Å². The van der Waals surface area contributed by atoms with Gasteiger partial charge in [-0.1, -0.05) is 198 Å². The lowest BCUT2D eigenvalue weighted by molar-refractivity contribution is 0.660. The molecule has 358 valence electrons. The Labute approximate surface area is 438 Å². The smallest absolute Gasteiger partial charge is 0.0775 e. The molecule has 2 nitrogen and oxygen atoms in total. The van der Waals surface area contributed by atoms with E-state index >= 15 is 0 Å². The Morgan fingerprint density at radius 1 is 0.329 bits per heavy atom. The molecule has 0 atom stereocenters. The summed E-state index contributed by atoms with van der Waals surface area (Å²) >= 11 is 1.91. The summed E-state index contributed by atoms with van der Waals surface area (Å²) < 4.78 is 0. The topological polar surface area (TPSA) is 6.48 Å². The first kappa shape index (κ1) is 45.9. The van der Waals surface area contributed by atoms with Crippen molar-refractivity contribution in [3.05, 3.63) is 216 Å². The first-order valence-corrected chi connectivity index (χ1v) is 33.9. The number of nitrogens with zero attached hydrogens (tertiary/aromatic N) is 2. The Kier molecular flexibility index (Phi) is 10.3. The van der Waals surface area contributed by atoms with Gasteiger partial charge in [0.2, 0.25) is 0 Å². The molecule has 0 aromatic heterocycles. The van der Waals surface area contributed by atoms with Gasteiger partial charge in [-0.25, -0.2) is 0 Å². The normalized spacial score (nSPS) is 14.6. The van der Waals surface area contributed by atoms with Crippen LogP contribution in [0.15, 0.2) is 204 Å². The van der Waals surface area contributed by atoms with Gasteiger partial charge >= 0.3 is 0 Å². The first-order valence-electron chi connectivity index (χ1n) is 26.1. The lowest BCUT2D eigenvalue weighted by atomic mass is 9.82. The molecule has 10 aromatic carbocycles. The highest BCUT2D eigenvalue weighted by Crippen LogP contribution is 2.55. The average molecular weight is 995 g/mol. The largest absolute Gasteiger partial charge is 0.310 e. The molecule has 10 aromatic rings. The Morgan fingerprint density at radius 2 is 0.767 bits per heavy atom. The van der Waals surface area contributed by atoms with Crippen LogP contribution < -0.4 is 20.2 Å². The van der Waals surface area contributed by atoms with Crippen molar-refractivity contribution in [1.82, 2.24) is 0 Å². The van der Waals surface area contributed by atoms with E-state index in [1.54, 1.807) is 0 Å². The van der Waals surface area contributed by atoms with E-state index in [4.69, 9.17) is 0 Å². The van der Waals surface area contributed by atoms with E-state index in [-0.39, 0.29) is 10.8 Å². The minimum atomic E-state index is -1.51. The minimum Gasteiger partial charge on any atom is -0.310 e. The Hall–Kier alpha value is -6.90. The van der Waals surface area contributed by atoms with E-state index in [9.17, 15) is 0 Å². The Bertz CT molecular complexity index is 3910. The zero-order chi connectivity index (χ0) is 50.3. The summed E-state index contributed by atoms with van der Waals surface area (Å²) in [7, 11) is -3.01. The fourth-order valence-electron chi connectivity index (χ4n) is 12.5. The molecule has 13 rings (SSSR count). The molecule has 2 aliphatic carbocycles. The SMILES string of the molecule is CC1(C)c2ccccc2-c2ccc(N(c3ccc([Si](C)(C)C)cc3)c3ccc4c(c3)Sc3cccc5c3c-4cc3ccc(N(c4ccc([Si](C)(C)C)cc4)c4ccc6c(c4)C(C)(C)c4ccccc4-6)cc35)cc21. The van der Waals surface area contributed by atoms with Gasteiger partial charge in [0.05, 0.1) is 16.1 Å². The second-order valence-electron chi connectivity index (χ2n) is 23.9. The molecule has 0 unspecified atom stereocenters. The van der Waals surface area contributed by atoms with E-state index in [1.165, 1.54) is 120 Å². The van der Waals surface area contributed by atoms with E-state index in [2.05, 4.69) is 271 Å². The van der Waals surface area contributed by atoms with Gasteiger partial charge in [0, 0.05) is 60.1 Å². The highest BCUT2D eigenvalue weighted by Gasteiger charge is 2.37. The van der Waals surface area contributed by atoms with Crippen LogP contribution in [0.5, 0.6) is 0 Å². The first-order chi connectivity index (χ1) is 34.9. The van der Waals surface area contributed by atoms with Crippen LogP contribution >= 0.6 is 11.8 Å². The fourth-order valence-corrected chi connectivity index (χ4v) is 16.0. The quantitative estimate of drug-likeness (QED) is 0.111. The van der Waals surface area contributed by atoms with Crippen LogP contribution in [0.1, 0.15) is 49.9 Å². The summed E-state index contributed by atoms with van der Waals surface area (Å²) in [6, 6.07) is 74.8. The molecule has 0 N–H and O–H groups in total. The van der Waals surface area contributed by atoms with Gasteiger partial charge in [0.1, 0.15) is 0 Å². The van der Waals surface area contributed by atoms with Crippen molar-refractivity contribution < 1.29 is 0 Å². The molecule has 0 amide bonds. The van der Waals surface area contributed by atoms with Crippen LogP contribution in [0.2, 0.25) is 39.3 Å². The lowest BCUT2D eigenvalue weighted by Crippen LogP contribution is -2.37. The maximum absolute atomic E-state index is 2.49. The van der Waals surface area contributed by atoms with Crippen LogP contribution in [0.3, 0.4) is 0 Å². The molecule has 0 fully saturated rings. The van der Waals surface area contributed by atoms with Crippen molar-refractivity contribution in [2.75, 3.05) is 9.80 Å². The van der Waals surface area contributed by atoms with Gasteiger partial charge in [-0.3, -0.25) is 0 Å². The maximum Gasteiger partial charge on any atom is 0.0775 e. The highest BCUT2D eigenvalue weighted by molar-refractivity contribution is 7.99. The second-order valence-corrected chi connectivity index (χ2v) is 35.1. The molecule has 73 heavy (non-hydrogen) atoms. The molecular weight excluding hydrogens is 933 g/mol. The highest BCUT2D eigenvalue weighted by atomic mass is 32.2. The molecule has 5 heteroatoms. The summed E-state index contributed by atoms with van der Waals surface area (Å²) in [5, 5.41) is 8.07. The zero-order valence-corrected chi connectivity index (χ0v) is 46.6. The Balaban J connectivity index is 0.930. The van der Waals surface area contributed by atoms with Gasteiger partial charge in [-0.05, 0) is 157 Å². The molecule has 0 saturated heterocycles. The fraction of sp³-hybridized carbons (Fsp3) is 0.176. The third kappa shape index (κ3) is 7.25. The van der Waals surface area contributed by atoms with Gasteiger partial charge in [0.25, 0.3) is 0 Å². The molecule has 1 aliphatic heterocycles. The molecule has 1 heterocycles. The number of hydrogen-bond acceptors (Lipinski definition) is 3. The lowest BCUT2D eigenvalue weighted by Gasteiger charge is -2.30. The van der Waals surface area contributed by atoms with Crippen LogP contribution in [0, 0.1) is 0 Å². The van der Waals surface area contributed by atoms with Crippen molar-refractivity contribution in [1.29, 1.82) is 0 Å². The third-order valence-electron chi connectivity index (χ3n) is 16.5. The second kappa shape index (κ2) is 16.3. The monoisotopic (exact) mass is 994 g/mol. The van der Waals surface area contributed by atoms with Gasteiger partial charge in [0.15, 0.2) is 0 Å². The van der Waals surface area contributed by atoms with E-state index in [0.717, 1.165) is 11.4 Å². The van der Waals surface area contributed by atoms with E-state index in [0.29, 0.717) is 0 Å². The van der Waals surface area contributed by atoms with Crippen LogP contribution in [-0.2, 0) is 10.8 Å². The molecular formula is C68H62N2SSi2. The van der Waals surface area contributed by atoms with Crippen molar-refractivity contribution >= 4 is 94.0 Å². The average Bonchev–Trinajstić information content (AvgIpc) is 3.75. The van der Waals surface area contributed by atoms with Gasteiger partial charge in [-0.2, -0.15) is 0 Å². The summed E-state index contributed by atoms with van der Waals surface area (Å²) in [5.74, 6) is 0. The third-order valence-corrected chi connectivity index (χ3v) is 21.8. The molecule has 0 saturated carbocycles. The van der Waals surface area contributed by atoms with Crippen molar-refractivity contribution in [3.8, 4) is 33.4 Å². The summed E-state index contributed by atoms with van der Waals surface area (Å²) in [4.78, 5) is 7.54. The van der Waals surface area contributed by atoms with E-state index < -0.39 is 16.1 Å². The molecule has 0 spiro atoms. The molecule has 3 aliphatic rings. The van der Waals surface area contributed by atoms with Crippen molar-refractivity contribution in [2.24, 2.45) is 0 Å². The number of anilines is 6. The number of rotatable bonds is 8. The number of hydrogen-bond donors (Lipinski definition) is 0. The predicted octanol–water partition coefficient (Wildman–Crippen LogP) is 18.8. The summed E-state index contributed by atoms with van der Waals surface area (Å²) in [5.41, 5.74) is 20.3. The van der Waals surface area contributed by atoms with Crippen LogP contribution in [0.25, 0.3) is 54.9 Å². The minimum absolute atomic E-state index is 0.101. The predicted molar refractivity (Wildman–Crippen MR) is 321 cm³/mol. The zero-order valence-electron chi connectivity index (χ0n) is 43.8. The van der Waals surface area contributed by atoms with Crippen molar-refractivity contribution in [3.63, 3.8) is 0 Å². The van der Waals surface area contributed by atoms with Crippen molar-refractivity contribution in [2.45, 2.75) is 87.6 Å². The Morgan fingerprint density at radius 3 is 1.29 bits per heavy atom.